The third-order valence-corrected chi connectivity index (χ3v) is 4.61. The van der Waals surface area contributed by atoms with Crippen LogP contribution >= 0.6 is 0 Å². The molecule has 0 N–H and O–H groups in total. The number of hydrogen-bond donors (Lipinski definition) is 0. The van der Waals surface area contributed by atoms with E-state index < -0.39 is 0 Å². The molecule has 3 rings (SSSR count). The highest BCUT2D eigenvalue weighted by atomic mass is 19.1. The van der Waals surface area contributed by atoms with Gasteiger partial charge >= 0.3 is 0 Å². The Bertz CT molecular complexity index is 630. The highest BCUT2D eigenvalue weighted by Crippen LogP contribution is 2.12. The van der Waals surface area contributed by atoms with Crippen LogP contribution in [0.1, 0.15) is 24.1 Å². The molecule has 0 aliphatic carbocycles. The lowest BCUT2D eigenvalue weighted by atomic mass is 10.2. The minimum Gasteiger partial charge on any atom is -0.377 e. The van der Waals surface area contributed by atoms with Gasteiger partial charge in [0.2, 0.25) is 0 Å². The van der Waals surface area contributed by atoms with Crippen molar-refractivity contribution in [3.05, 3.63) is 65.7 Å². The topological polar surface area (TPSA) is 34.6 Å². The summed E-state index contributed by atoms with van der Waals surface area (Å²) in [6.45, 7) is 4.69. The summed E-state index contributed by atoms with van der Waals surface area (Å²) in [5, 5.41) is 0. The van der Waals surface area contributed by atoms with Crippen LogP contribution in [0.5, 0.6) is 0 Å². The predicted molar refractivity (Wildman–Crippen MR) is 99.4 cm³/mol. The van der Waals surface area contributed by atoms with E-state index in [1.807, 2.05) is 36.5 Å². The second kappa shape index (κ2) is 10.4. The van der Waals surface area contributed by atoms with E-state index in [0.29, 0.717) is 13.2 Å². The van der Waals surface area contributed by atoms with Crippen LogP contribution in [0.15, 0.2) is 48.7 Å². The monoisotopic (exact) mass is 358 g/mol. The van der Waals surface area contributed by atoms with Crippen molar-refractivity contribution in [2.45, 2.75) is 31.9 Å². The molecule has 26 heavy (non-hydrogen) atoms. The second-order valence-electron chi connectivity index (χ2n) is 6.68. The summed E-state index contributed by atoms with van der Waals surface area (Å²) < 4.78 is 24.5. The van der Waals surface area contributed by atoms with Gasteiger partial charge in [0.15, 0.2) is 0 Å². The molecular weight excluding hydrogens is 331 g/mol. The first-order chi connectivity index (χ1) is 12.8. The fourth-order valence-electron chi connectivity index (χ4n) is 3.12. The van der Waals surface area contributed by atoms with Gasteiger partial charge in [0.1, 0.15) is 5.82 Å². The summed E-state index contributed by atoms with van der Waals surface area (Å²) in [6.07, 6.45) is 5.19. The molecule has 1 atom stereocenters. The van der Waals surface area contributed by atoms with Crippen molar-refractivity contribution < 1.29 is 13.9 Å². The zero-order chi connectivity index (χ0) is 18.0. The van der Waals surface area contributed by atoms with E-state index in [-0.39, 0.29) is 11.9 Å². The minimum absolute atomic E-state index is 0.200. The third kappa shape index (κ3) is 6.48. The molecule has 5 heteroatoms. The van der Waals surface area contributed by atoms with Crippen LogP contribution in [0, 0.1) is 5.82 Å². The van der Waals surface area contributed by atoms with Gasteiger partial charge in [-0.25, -0.2) is 4.39 Å². The van der Waals surface area contributed by atoms with Crippen LogP contribution in [0.3, 0.4) is 0 Å². The van der Waals surface area contributed by atoms with Crippen molar-refractivity contribution in [3.8, 4) is 0 Å². The zero-order valence-electron chi connectivity index (χ0n) is 15.1. The van der Waals surface area contributed by atoms with E-state index in [0.717, 1.165) is 56.8 Å². The highest BCUT2D eigenvalue weighted by molar-refractivity contribution is 5.16. The van der Waals surface area contributed by atoms with Gasteiger partial charge < -0.3 is 9.47 Å². The number of aromatic nitrogens is 1. The van der Waals surface area contributed by atoms with E-state index in [1.165, 1.54) is 12.1 Å². The van der Waals surface area contributed by atoms with Crippen molar-refractivity contribution in [1.82, 2.24) is 9.88 Å². The highest BCUT2D eigenvalue weighted by Gasteiger charge is 2.15. The molecule has 2 aromatic rings. The standard InChI is InChI=1S/C21H27FN2O2/c22-19-8-6-18(7-9-19)16-24(12-10-20-4-1-2-11-23-20)13-15-25-17-21-5-3-14-26-21/h1-2,4,6-9,11,21H,3,5,10,12-17H2. The zero-order valence-corrected chi connectivity index (χ0v) is 15.1. The lowest BCUT2D eigenvalue weighted by Crippen LogP contribution is -2.30. The van der Waals surface area contributed by atoms with Gasteiger partial charge in [-0.15, -0.1) is 0 Å². The third-order valence-electron chi connectivity index (χ3n) is 4.61. The number of halogens is 1. The van der Waals surface area contributed by atoms with Crippen LogP contribution in [0.2, 0.25) is 0 Å². The van der Waals surface area contributed by atoms with Crippen LogP contribution in [-0.4, -0.2) is 48.9 Å². The van der Waals surface area contributed by atoms with Crippen LogP contribution < -0.4 is 0 Å². The van der Waals surface area contributed by atoms with Gasteiger partial charge in [0.25, 0.3) is 0 Å². The fraction of sp³-hybridized carbons (Fsp3) is 0.476. The Morgan fingerprint density at radius 3 is 2.77 bits per heavy atom. The van der Waals surface area contributed by atoms with Gasteiger partial charge in [0.05, 0.1) is 19.3 Å². The lowest BCUT2D eigenvalue weighted by molar-refractivity contribution is 0.00991. The smallest absolute Gasteiger partial charge is 0.123 e. The van der Waals surface area contributed by atoms with E-state index in [2.05, 4.69) is 9.88 Å². The van der Waals surface area contributed by atoms with Crippen molar-refractivity contribution in [2.75, 3.05) is 32.9 Å². The number of benzene rings is 1. The van der Waals surface area contributed by atoms with Gasteiger partial charge in [-0.1, -0.05) is 18.2 Å². The molecular formula is C21H27FN2O2. The summed E-state index contributed by atoms with van der Waals surface area (Å²) in [7, 11) is 0. The lowest BCUT2D eigenvalue weighted by Gasteiger charge is -2.22. The van der Waals surface area contributed by atoms with Crippen molar-refractivity contribution in [2.24, 2.45) is 0 Å². The maximum absolute atomic E-state index is 13.1. The average Bonchev–Trinajstić information content (AvgIpc) is 3.19. The molecule has 0 amide bonds. The number of rotatable bonds is 10. The number of ether oxygens (including phenoxy) is 2. The van der Waals surface area contributed by atoms with E-state index in [4.69, 9.17) is 9.47 Å². The molecule has 0 bridgehead atoms. The summed E-state index contributed by atoms with van der Waals surface area (Å²) in [5.41, 5.74) is 2.18. The van der Waals surface area contributed by atoms with Gasteiger partial charge in [-0.3, -0.25) is 9.88 Å². The number of hydrogen-bond acceptors (Lipinski definition) is 4. The molecule has 4 nitrogen and oxygen atoms in total. The van der Waals surface area contributed by atoms with E-state index >= 15 is 0 Å². The van der Waals surface area contributed by atoms with E-state index in [9.17, 15) is 4.39 Å². The summed E-state index contributed by atoms with van der Waals surface area (Å²) in [4.78, 5) is 6.72. The molecule has 1 aromatic heterocycles. The summed E-state index contributed by atoms with van der Waals surface area (Å²) >= 11 is 0. The molecule has 1 aliphatic heterocycles. The Labute approximate surface area is 155 Å². The Hall–Kier alpha value is -1.82. The molecule has 1 aromatic carbocycles. The maximum Gasteiger partial charge on any atom is 0.123 e. The molecule has 1 fully saturated rings. The van der Waals surface area contributed by atoms with Gasteiger partial charge in [-0.2, -0.15) is 0 Å². The van der Waals surface area contributed by atoms with E-state index in [1.54, 1.807) is 0 Å². The Kier molecular flexibility index (Phi) is 7.55. The number of nitrogens with zero attached hydrogens (tertiary/aromatic N) is 2. The molecule has 1 unspecified atom stereocenters. The van der Waals surface area contributed by atoms with Crippen molar-refractivity contribution >= 4 is 0 Å². The predicted octanol–water partition coefficient (Wildman–Crippen LogP) is 3.46. The first-order valence-corrected chi connectivity index (χ1v) is 9.35. The normalized spacial score (nSPS) is 17.1. The molecule has 0 spiro atoms. The van der Waals surface area contributed by atoms with Crippen molar-refractivity contribution in [1.29, 1.82) is 0 Å². The summed E-state index contributed by atoms with van der Waals surface area (Å²) in [6, 6.07) is 12.7. The first kappa shape index (κ1) is 19.0. The number of pyridine rings is 1. The Morgan fingerprint density at radius 1 is 1.15 bits per heavy atom. The second-order valence-corrected chi connectivity index (χ2v) is 6.68. The fourth-order valence-corrected chi connectivity index (χ4v) is 3.12. The molecule has 1 aliphatic rings. The Balaban J connectivity index is 1.48. The maximum atomic E-state index is 13.1. The van der Waals surface area contributed by atoms with Crippen LogP contribution in [0.4, 0.5) is 4.39 Å². The molecule has 2 heterocycles. The minimum atomic E-state index is -0.200. The molecule has 140 valence electrons. The van der Waals surface area contributed by atoms with Gasteiger partial charge in [-0.05, 0) is 42.7 Å². The summed E-state index contributed by atoms with van der Waals surface area (Å²) in [5.74, 6) is -0.200. The SMILES string of the molecule is Fc1ccc(CN(CCOCC2CCCO2)CCc2ccccn2)cc1. The Morgan fingerprint density at radius 2 is 2.04 bits per heavy atom. The van der Waals surface area contributed by atoms with Gasteiger partial charge in [0, 0.05) is 44.6 Å². The van der Waals surface area contributed by atoms with Crippen LogP contribution in [-0.2, 0) is 22.4 Å². The largest absolute Gasteiger partial charge is 0.377 e. The van der Waals surface area contributed by atoms with Crippen molar-refractivity contribution in [3.63, 3.8) is 0 Å². The molecule has 0 radical (unpaired) electrons. The quantitative estimate of drug-likeness (QED) is 0.609. The molecule has 1 saturated heterocycles. The first-order valence-electron chi connectivity index (χ1n) is 9.35. The van der Waals surface area contributed by atoms with Crippen LogP contribution in [0.25, 0.3) is 0 Å². The average molecular weight is 358 g/mol. The molecule has 0 saturated carbocycles.